The third kappa shape index (κ3) is 3.82. The fourth-order valence-electron chi connectivity index (χ4n) is 3.23. The molecular formula is C21H21N3O5. The molecule has 0 fully saturated rings. The summed E-state index contributed by atoms with van der Waals surface area (Å²) in [6.45, 7) is 3.47. The lowest BCUT2D eigenvalue weighted by Gasteiger charge is -2.22. The van der Waals surface area contributed by atoms with Crippen molar-refractivity contribution >= 4 is 28.5 Å². The molecular weight excluding hydrogens is 374 g/mol. The van der Waals surface area contributed by atoms with E-state index in [4.69, 9.17) is 4.74 Å². The number of carbonyl (C=O) groups excluding carboxylic acids is 2. The number of amides is 1. The molecule has 29 heavy (non-hydrogen) atoms. The monoisotopic (exact) mass is 395 g/mol. The maximum Gasteiger partial charge on any atom is 0.339 e. The van der Waals surface area contributed by atoms with Crippen LogP contribution < -0.4 is 16.6 Å². The summed E-state index contributed by atoms with van der Waals surface area (Å²) < 4.78 is 5.66. The van der Waals surface area contributed by atoms with Gasteiger partial charge < -0.3 is 15.0 Å². The van der Waals surface area contributed by atoms with Crippen molar-refractivity contribution in [2.45, 2.75) is 19.9 Å². The molecule has 0 saturated carbocycles. The Bertz CT molecular complexity index is 1190. The molecule has 1 unspecified atom stereocenters. The van der Waals surface area contributed by atoms with Crippen LogP contribution in [0.2, 0.25) is 0 Å². The molecule has 1 aromatic heterocycles. The van der Waals surface area contributed by atoms with Crippen LogP contribution in [0.3, 0.4) is 0 Å². The van der Waals surface area contributed by atoms with E-state index >= 15 is 0 Å². The Kier molecular flexibility index (Phi) is 5.63. The van der Waals surface area contributed by atoms with Crippen LogP contribution in [-0.2, 0) is 9.53 Å². The summed E-state index contributed by atoms with van der Waals surface area (Å²) in [4.78, 5) is 53.3. The number of hydrogen-bond acceptors (Lipinski definition) is 5. The molecule has 1 amide bonds. The van der Waals surface area contributed by atoms with Crippen molar-refractivity contribution < 1.29 is 14.3 Å². The van der Waals surface area contributed by atoms with Gasteiger partial charge in [0.15, 0.2) is 0 Å². The molecule has 3 rings (SSSR count). The Morgan fingerprint density at radius 3 is 2.38 bits per heavy atom. The number of anilines is 1. The number of methoxy groups -OCH3 is 1. The van der Waals surface area contributed by atoms with E-state index in [9.17, 15) is 19.2 Å². The van der Waals surface area contributed by atoms with Crippen LogP contribution in [0, 0.1) is 5.92 Å². The van der Waals surface area contributed by atoms with Gasteiger partial charge in [0.05, 0.1) is 29.3 Å². The first-order valence-corrected chi connectivity index (χ1v) is 9.07. The van der Waals surface area contributed by atoms with E-state index in [1.807, 2.05) is 0 Å². The summed E-state index contributed by atoms with van der Waals surface area (Å²) in [5, 5.41) is 2.96. The SMILES string of the molecule is COC(=O)c1ccccc1NC(=O)C(C(C)C)n1c(=O)[nH]c2ccccc2c1=O. The minimum atomic E-state index is -1.08. The Balaban J connectivity index is 2.08. The fourth-order valence-corrected chi connectivity index (χ4v) is 3.23. The average Bonchev–Trinajstić information content (AvgIpc) is 2.70. The molecule has 0 aliphatic carbocycles. The van der Waals surface area contributed by atoms with Gasteiger partial charge in [-0.15, -0.1) is 0 Å². The van der Waals surface area contributed by atoms with Gasteiger partial charge in [-0.3, -0.25) is 9.59 Å². The Morgan fingerprint density at radius 1 is 1.03 bits per heavy atom. The second kappa shape index (κ2) is 8.14. The quantitative estimate of drug-likeness (QED) is 0.644. The number of carbonyl (C=O) groups is 2. The average molecular weight is 395 g/mol. The molecule has 2 aromatic carbocycles. The third-order valence-electron chi connectivity index (χ3n) is 4.61. The van der Waals surface area contributed by atoms with E-state index in [1.54, 1.807) is 56.3 Å². The number of hydrogen-bond donors (Lipinski definition) is 2. The number of nitrogens with one attached hydrogen (secondary N) is 2. The summed E-state index contributed by atoms with van der Waals surface area (Å²) in [6.07, 6.45) is 0. The standard InChI is InChI=1S/C21H21N3O5/c1-12(2)17(18(25)22-16-11-7-5-9-14(16)20(27)29-3)24-19(26)13-8-4-6-10-15(13)23-21(24)28/h4-12,17H,1-3H3,(H,22,25)(H,23,28). The van der Waals surface area contributed by atoms with Crippen molar-refractivity contribution in [1.29, 1.82) is 0 Å². The van der Waals surface area contributed by atoms with Crippen LogP contribution in [-0.4, -0.2) is 28.5 Å². The molecule has 150 valence electrons. The highest BCUT2D eigenvalue weighted by Crippen LogP contribution is 2.21. The fraction of sp³-hybridized carbons (Fsp3) is 0.238. The molecule has 2 N–H and O–H groups in total. The van der Waals surface area contributed by atoms with Gasteiger partial charge in [0.25, 0.3) is 5.56 Å². The van der Waals surface area contributed by atoms with Gasteiger partial charge in [0.2, 0.25) is 5.91 Å². The molecule has 1 atom stereocenters. The van der Waals surface area contributed by atoms with Crippen LogP contribution >= 0.6 is 0 Å². The van der Waals surface area contributed by atoms with Crippen LogP contribution in [0.15, 0.2) is 58.1 Å². The van der Waals surface area contributed by atoms with E-state index in [1.165, 1.54) is 13.2 Å². The zero-order valence-corrected chi connectivity index (χ0v) is 16.3. The molecule has 8 heteroatoms. The van der Waals surface area contributed by atoms with E-state index in [0.717, 1.165) is 4.57 Å². The number of aromatic nitrogens is 2. The van der Waals surface area contributed by atoms with Gasteiger partial charge in [-0.1, -0.05) is 38.1 Å². The highest BCUT2D eigenvalue weighted by Gasteiger charge is 2.29. The summed E-state index contributed by atoms with van der Waals surface area (Å²) in [6, 6.07) is 11.9. The molecule has 0 aliphatic rings. The number of fused-ring (bicyclic) bond motifs is 1. The van der Waals surface area contributed by atoms with E-state index in [2.05, 4.69) is 10.3 Å². The largest absolute Gasteiger partial charge is 0.465 e. The lowest BCUT2D eigenvalue weighted by molar-refractivity contribution is -0.120. The van der Waals surface area contributed by atoms with Gasteiger partial charge in [-0.05, 0) is 30.2 Å². The number of rotatable bonds is 5. The molecule has 3 aromatic rings. The maximum atomic E-state index is 13.1. The molecule has 0 saturated heterocycles. The predicted molar refractivity (Wildman–Crippen MR) is 109 cm³/mol. The van der Waals surface area contributed by atoms with Gasteiger partial charge in [-0.2, -0.15) is 0 Å². The van der Waals surface area contributed by atoms with E-state index in [0.29, 0.717) is 10.9 Å². The molecule has 0 radical (unpaired) electrons. The number of para-hydroxylation sites is 2. The van der Waals surface area contributed by atoms with Gasteiger partial charge in [-0.25, -0.2) is 14.2 Å². The smallest absolute Gasteiger partial charge is 0.339 e. The second-order valence-electron chi connectivity index (χ2n) is 6.87. The number of benzene rings is 2. The zero-order chi connectivity index (χ0) is 21.1. The molecule has 8 nitrogen and oxygen atoms in total. The highest BCUT2D eigenvalue weighted by atomic mass is 16.5. The van der Waals surface area contributed by atoms with Crippen molar-refractivity contribution in [3.05, 3.63) is 74.9 Å². The maximum absolute atomic E-state index is 13.1. The van der Waals surface area contributed by atoms with Crippen LogP contribution in [0.4, 0.5) is 5.69 Å². The number of H-pyrrole nitrogens is 1. The van der Waals surface area contributed by atoms with Crippen LogP contribution in [0.25, 0.3) is 10.9 Å². The number of aromatic amines is 1. The Labute approximate surface area is 166 Å². The zero-order valence-electron chi connectivity index (χ0n) is 16.3. The first kappa shape index (κ1) is 20.1. The van der Waals surface area contributed by atoms with Crippen LogP contribution in [0.1, 0.15) is 30.2 Å². The Hall–Kier alpha value is -3.68. The number of ether oxygens (including phenoxy) is 1. The van der Waals surface area contributed by atoms with Crippen molar-refractivity contribution in [3.8, 4) is 0 Å². The van der Waals surface area contributed by atoms with E-state index < -0.39 is 29.2 Å². The summed E-state index contributed by atoms with van der Waals surface area (Å²) >= 11 is 0. The first-order valence-electron chi connectivity index (χ1n) is 9.07. The van der Waals surface area contributed by atoms with Gasteiger partial charge in [0, 0.05) is 0 Å². The molecule has 0 spiro atoms. The van der Waals surface area contributed by atoms with Crippen molar-refractivity contribution in [2.24, 2.45) is 5.92 Å². The minimum absolute atomic E-state index is 0.172. The van der Waals surface area contributed by atoms with Crippen LogP contribution in [0.5, 0.6) is 0 Å². The minimum Gasteiger partial charge on any atom is -0.465 e. The van der Waals surface area contributed by atoms with E-state index in [-0.39, 0.29) is 17.2 Å². The summed E-state index contributed by atoms with van der Waals surface area (Å²) in [7, 11) is 1.24. The second-order valence-corrected chi connectivity index (χ2v) is 6.87. The number of esters is 1. The molecule has 0 aliphatic heterocycles. The summed E-state index contributed by atoms with van der Waals surface area (Å²) in [5.74, 6) is -1.57. The third-order valence-corrected chi connectivity index (χ3v) is 4.61. The highest BCUT2D eigenvalue weighted by molar-refractivity contribution is 6.02. The topological polar surface area (TPSA) is 110 Å². The Morgan fingerprint density at radius 2 is 1.69 bits per heavy atom. The van der Waals surface area contributed by atoms with Crippen molar-refractivity contribution in [2.75, 3.05) is 12.4 Å². The van der Waals surface area contributed by atoms with Gasteiger partial charge >= 0.3 is 11.7 Å². The number of nitrogens with zero attached hydrogens (tertiary/aromatic N) is 1. The predicted octanol–water partition coefficient (Wildman–Crippen LogP) is 2.31. The lowest BCUT2D eigenvalue weighted by atomic mass is 10.0. The normalized spacial score (nSPS) is 12.0. The van der Waals surface area contributed by atoms with Crippen molar-refractivity contribution in [1.82, 2.24) is 9.55 Å². The first-order chi connectivity index (χ1) is 13.8. The van der Waals surface area contributed by atoms with Gasteiger partial charge in [0.1, 0.15) is 6.04 Å². The molecule has 0 bridgehead atoms. The van der Waals surface area contributed by atoms with Crippen molar-refractivity contribution in [3.63, 3.8) is 0 Å². The lowest BCUT2D eigenvalue weighted by Crippen LogP contribution is -2.44. The molecule has 1 heterocycles. The summed E-state index contributed by atoms with van der Waals surface area (Å²) in [5.41, 5.74) is -0.424.